The van der Waals surface area contributed by atoms with Gasteiger partial charge in [-0.25, -0.2) is 13.1 Å². The third-order valence-electron chi connectivity index (χ3n) is 6.68. The lowest BCUT2D eigenvalue weighted by atomic mass is 9.87. The lowest BCUT2D eigenvalue weighted by molar-refractivity contribution is -0.0605. The smallest absolute Gasteiger partial charge is 0.240 e. The Balaban J connectivity index is 1.33. The van der Waals surface area contributed by atoms with Crippen LogP contribution in [0.25, 0.3) is 0 Å². The van der Waals surface area contributed by atoms with Crippen molar-refractivity contribution in [1.29, 1.82) is 0 Å². The van der Waals surface area contributed by atoms with E-state index in [1.165, 1.54) is 24.7 Å². The summed E-state index contributed by atoms with van der Waals surface area (Å²) in [5.74, 6) is 0.398. The van der Waals surface area contributed by atoms with E-state index in [1.807, 2.05) is 18.2 Å². The van der Waals surface area contributed by atoms with Gasteiger partial charge in [-0.3, -0.25) is 0 Å². The first-order chi connectivity index (χ1) is 16.4. The van der Waals surface area contributed by atoms with Crippen molar-refractivity contribution in [3.8, 4) is 5.75 Å². The molecule has 2 saturated heterocycles. The van der Waals surface area contributed by atoms with Crippen LogP contribution in [-0.4, -0.2) is 70.7 Å². The van der Waals surface area contributed by atoms with E-state index in [0.29, 0.717) is 12.3 Å². The number of hydrogen-bond donors (Lipinski definition) is 4. The molecule has 2 aliphatic heterocycles. The van der Waals surface area contributed by atoms with Gasteiger partial charge >= 0.3 is 0 Å². The first-order valence-electron chi connectivity index (χ1n) is 11.9. The molecule has 2 aromatic rings. The van der Waals surface area contributed by atoms with Gasteiger partial charge in [0.15, 0.2) is 0 Å². The molecule has 2 aliphatic rings. The highest BCUT2D eigenvalue weighted by molar-refractivity contribution is 7.89. The molecule has 8 nitrogen and oxygen atoms in total. The Morgan fingerprint density at radius 3 is 2.68 bits per heavy atom. The molecular weight excluding hydrogens is 454 g/mol. The van der Waals surface area contributed by atoms with Crippen LogP contribution < -0.4 is 20.1 Å². The summed E-state index contributed by atoms with van der Waals surface area (Å²) in [6.07, 6.45) is 3.03. The summed E-state index contributed by atoms with van der Waals surface area (Å²) in [5.41, 5.74) is 1.13. The van der Waals surface area contributed by atoms with Crippen molar-refractivity contribution in [3.05, 3.63) is 60.2 Å². The van der Waals surface area contributed by atoms with Crippen LogP contribution in [0.4, 0.5) is 0 Å². The lowest BCUT2D eigenvalue weighted by Crippen LogP contribution is -2.43. The Bertz CT molecular complexity index is 1030. The zero-order valence-electron chi connectivity index (χ0n) is 19.6. The summed E-state index contributed by atoms with van der Waals surface area (Å²) in [6.45, 7) is 2.34. The van der Waals surface area contributed by atoms with E-state index >= 15 is 0 Å². The number of benzene rings is 2. The van der Waals surface area contributed by atoms with E-state index in [-0.39, 0.29) is 29.2 Å². The van der Waals surface area contributed by atoms with Gasteiger partial charge in [-0.2, -0.15) is 0 Å². The molecule has 186 valence electrons. The van der Waals surface area contributed by atoms with Crippen LogP contribution in [0.3, 0.4) is 0 Å². The molecule has 0 amide bonds. The van der Waals surface area contributed by atoms with Gasteiger partial charge in [0.05, 0.1) is 16.6 Å². The average molecular weight is 490 g/mol. The standard InChI is InChI=1S/C25H35N3O5S/c1-26-34(30,31)22-9-5-8-21(15-22)32-18-20(29)17-28-23-16-25(10-12-27-13-11-25)33-24(23)14-19-6-3-2-4-7-19/h2-9,15,20,23-24,26-29H,10-14,16-18H2,1H3/t20-,23?,24+/m0/s1. The number of rotatable bonds is 10. The Hall–Kier alpha value is -2.01. The number of aliphatic hydroxyl groups is 1. The normalized spacial score (nSPS) is 23.1. The molecular formula is C25H35N3O5S. The number of sulfonamides is 1. The molecule has 0 bridgehead atoms. The molecule has 0 radical (unpaired) electrons. The molecule has 0 aliphatic carbocycles. The summed E-state index contributed by atoms with van der Waals surface area (Å²) in [4.78, 5) is 0.124. The molecule has 2 heterocycles. The average Bonchev–Trinajstić information content (AvgIpc) is 3.18. The Morgan fingerprint density at radius 1 is 1.18 bits per heavy atom. The SMILES string of the molecule is CNS(=O)(=O)c1cccc(OC[C@@H](O)CNC2CC3(CCNCC3)O[C@@H]2Cc2ccccc2)c1. The molecule has 3 atom stereocenters. The minimum atomic E-state index is -3.55. The van der Waals surface area contributed by atoms with Crippen LogP contribution in [-0.2, 0) is 21.2 Å². The highest BCUT2D eigenvalue weighted by Gasteiger charge is 2.46. The van der Waals surface area contributed by atoms with Crippen molar-refractivity contribution in [2.75, 3.05) is 33.3 Å². The molecule has 0 saturated carbocycles. The van der Waals surface area contributed by atoms with E-state index in [9.17, 15) is 13.5 Å². The maximum atomic E-state index is 12.0. The topological polar surface area (TPSA) is 109 Å². The molecule has 0 aromatic heterocycles. The van der Waals surface area contributed by atoms with Gasteiger partial charge in [0.2, 0.25) is 10.0 Å². The quantitative estimate of drug-likeness (QED) is 0.400. The third kappa shape index (κ3) is 6.35. The van der Waals surface area contributed by atoms with Gasteiger partial charge in [0.25, 0.3) is 0 Å². The van der Waals surface area contributed by atoms with E-state index in [4.69, 9.17) is 9.47 Å². The van der Waals surface area contributed by atoms with Gasteiger partial charge in [-0.15, -0.1) is 0 Å². The minimum Gasteiger partial charge on any atom is -0.491 e. The fourth-order valence-electron chi connectivity index (χ4n) is 4.81. The molecule has 2 fully saturated rings. The third-order valence-corrected chi connectivity index (χ3v) is 8.09. The van der Waals surface area contributed by atoms with Crippen LogP contribution in [0.1, 0.15) is 24.8 Å². The number of hydrogen-bond acceptors (Lipinski definition) is 7. The van der Waals surface area contributed by atoms with E-state index in [1.54, 1.807) is 12.1 Å². The van der Waals surface area contributed by atoms with Crippen LogP contribution in [0, 0.1) is 0 Å². The van der Waals surface area contributed by atoms with Gasteiger partial charge in [0.1, 0.15) is 18.5 Å². The number of piperidine rings is 1. The van der Waals surface area contributed by atoms with E-state index in [0.717, 1.165) is 38.8 Å². The van der Waals surface area contributed by atoms with Gasteiger partial charge in [-0.05, 0) is 57.1 Å². The van der Waals surface area contributed by atoms with Crippen molar-refractivity contribution in [3.63, 3.8) is 0 Å². The van der Waals surface area contributed by atoms with E-state index in [2.05, 4.69) is 27.5 Å². The second kappa shape index (κ2) is 11.2. The molecule has 2 aromatic carbocycles. The fourth-order valence-corrected chi connectivity index (χ4v) is 5.57. The number of ether oxygens (including phenoxy) is 2. The van der Waals surface area contributed by atoms with Gasteiger partial charge in [-0.1, -0.05) is 36.4 Å². The zero-order valence-corrected chi connectivity index (χ0v) is 20.4. The summed E-state index contributed by atoms with van der Waals surface area (Å²) < 4.78 is 38.6. The Morgan fingerprint density at radius 2 is 1.94 bits per heavy atom. The number of aliphatic hydroxyl groups excluding tert-OH is 1. The summed E-state index contributed by atoms with van der Waals surface area (Å²) >= 11 is 0. The van der Waals surface area contributed by atoms with Crippen LogP contribution >= 0.6 is 0 Å². The maximum absolute atomic E-state index is 12.0. The summed E-state index contributed by atoms with van der Waals surface area (Å²) in [6, 6.07) is 16.7. The zero-order chi connectivity index (χ0) is 24.0. The molecule has 1 spiro atoms. The van der Waals surface area contributed by atoms with Crippen molar-refractivity contribution < 1.29 is 23.0 Å². The largest absolute Gasteiger partial charge is 0.491 e. The molecule has 4 rings (SSSR count). The van der Waals surface area contributed by atoms with Gasteiger partial charge in [0, 0.05) is 25.1 Å². The maximum Gasteiger partial charge on any atom is 0.240 e. The Kier molecular flexibility index (Phi) is 8.23. The van der Waals surface area contributed by atoms with Gasteiger partial charge < -0.3 is 25.2 Å². The Labute approximate surface area is 202 Å². The highest BCUT2D eigenvalue weighted by atomic mass is 32.2. The second-order valence-electron chi connectivity index (χ2n) is 9.15. The van der Waals surface area contributed by atoms with E-state index < -0.39 is 16.1 Å². The first-order valence-corrected chi connectivity index (χ1v) is 13.4. The monoisotopic (exact) mass is 489 g/mol. The summed E-state index contributed by atoms with van der Waals surface area (Å²) in [5, 5.41) is 17.5. The lowest BCUT2D eigenvalue weighted by Gasteiger charge is -2.33. The minimum absolute atomic E-state index is 0.0389. The first kappa shape index (κ1) is 25.1. The van der Waals surface area contributed by atoms with Crippen molar-refractivity contribution in [2.45, 2.75) is 54.4 Å². The van der Waals surface area contributed by atoms with Crippen molar-refractivity contribution in [2.24, 2.45) is 0 Å². The molecule has 34 heavy (non-hydrogen) atoms. The molecule has 4 N–H and O–H groups in total. The molecule has 1 unspecified atom stereocenters. The van der Waals surface area contributed by atoms with Crippen LogP contribution in [0.15, 0.2) is 59.5 Å². The highest BCUT2D eigenvalue weighted by Crippen LogP contribution is 2.38. The van der Waals surface area contributed by atoms with Crippen molar-refractivity contribution >= 4 is 10.0 Å². The predicted molar refractivity (Wildman–Crippen MR) is 130 cm³/mol. The fraction of sp³-hybridized carbons (Fsp3) is 0.520. The van der Waals surface area contributed by atoms with Crippen molar-refractivity contribution in [1.82, 2.24) is 15.4 Å². The predicted octanol–water partition coefficient (Wildman–Crippen LogP) is 1.45. The summed E-state index contributed by atoms with van der Waals surface area (Å²) in [7, 11) is -2.18. The molecule has 9 heteroatoms. The van der Waals surface area contributed by atoms with Crippen LogP contribution in [0.5, 0.6) is 5.75 Å². The van der Waals surface area contributed by atoms with Crippen LogP contribution in [0.2, 0.25) is 0 Å². The number of nitrogens with one attached hydrogen (secondary N) is 3. The second-order valence-corrected chi connectivity index (χ2v) is 11.0.